The predicted octanol–water partition coefficient (Wildman–Crippen LogP) is 5.57. The Morgan fingerprint density at radius 1 is 1.15 bits per heavy atom. The van der Waals surface area contributed by atoms with E-state index in [0.717, 1.165) is 35.0 Å². The number of amides is 2. The third kappa shape index (κ3) is 4.34. The molecule has 5 rings (SSSR count). The van der Waals surface area contributed by atoms with Crippen LogP contribution >= 0.6 is 11.3 Å². The Balaban J connectivity index is 1.43. The lowest BCUT2D eigenvalue weighted by Gasteiger charge is -2.08. The normalized spacial score (nSPS) is 13.2. The molecule has 2 aromatic carbocycles. The Morgan fingerprint density at radius 3 is 2.73 bits per heavy atom. The smallest absolute Gasteiger partial charge is 0.342 e. The lowest BCUT2D eigenvalue weighted by Crippen LogP contribution is -2.31. The Morgan fingerprint density at radius 2 is 1.97 bits per heavy atom. The van der Waals surface area contributed by atoms with Gasteiger partial charge in [-0.25, -0.2) is 4.79 Å². The Kier molecular flexibility index (Phi) is 5.60. The molecule has 7 nitrogen and oxygen atoms in total. The van der Waals surface area contributed by atoms with Gasteiger partial charge in [0.15, 0.2) is 0 Å². The number of anilines is 1. The molecule has 1 aliphatic rings. The first-order valence-electron chi connectivity index (χ1n) is 11.0. The SMILES string of the molecule is CCCNC(=O)n1nc(-c2cc(NC(=O)c3cc4ccccc4s3)ccc2O)cc1C1CC1. The molecule has 0 saturated heterocycles. The zero-order valence-corrected chi connectivity index (χ0v) is 19.0. The van der Waals surface area contributed by atoms with Gasteiger partial charge in [0.05, 0.1) is 16.3 Å². The number of benzene rings is 2. The fraction of sp³-hybridized carbons (Fsp3) is 0.240. The van der Waals surface area contributed by atoms with Crippen LogP contribution in [-0.2, 0) is 0 Å². The maximum Gasteiger partial charge on any atom is 0.342 e. The number of carbonyl (C=O) groups excluding carboxylic acids is 2. The van der Waals surface area contributed by atoms with E-state index in [2.05, 4.69) is 15.7 Å². The minimum Gasteiger partial charge on any atom is -0.507 e. The van der Waals surface area contributed by atoms with Crippen LogP contribution in [0.5, 0.6) is 5.75 Å². The molecular weight excluding hydrogens is 436 g/mol. The Bertz CT molecular complexity index is 1320. The molecule has 3 N–H and O–H groups in total. The number of phenolic OH excluding ortho intramolecular Hbond substituents is 1. The lowest BCUT2D eigenvalue weighted by molar-refractivity contribution is 0.103. The van der Waals surface area contributed by atoms with Crippen LogP contribution in [0.3, 0.4) is 0 Å². The maximum absolute atomic E-state index is 12.8. The molecular formula is C25H24N4O3S. The molecule has 0 atom stereocenters. The minimum atomic E-state index is -0.265. The largest absolute Gasteiger partial charge is 0.507 e. The van der Waals surface area contributed by atoms with Crippen molar-refractivity contribution in [3.63, 3.8) is 0 Å². The van der Waals surface area contributed by atoms with Crippen molar-refractivity contribution in [3.05, 3.63) is 65.2 Å². The van der Waals surface area contributed by atoms with Gasteiger partial charge in [-0.15, -0.1) is 11.3 Å². The van der Waals surface area contributed by atoms with Crippen LogP contribution in [-0.4, -0.2) is 33.4 Å². The zero-order chi connectivity index (χ0) is 22.9. The van der Waals surface area contributed by atoms with Crippen molar-refractivity contribution in [3.8, 4) is 17.0 Å². The van der Waals surface area contributed by atoms with Crippen molar-refractivity contribution in [2.75, 3.05) is 11.9 Å². The summed E-state index contributed by atoms with van der Waals surface area (Å²) in [6, 6.07) is 16.2. The molecule has 1 fully saturated rings. The first kappa shape index (κ1) is 21.2. The van der Waals surface area contributed by atoms with Gasteiger partial charge in [0.1, 0.15) is 5.75 Å². The standard InChI is InChI=1S/C25H24N4O3S/c1-2-11-26-25(32)29-20(15-7-8-15)14-19(28-29)18-13-17(9-10-21(18)30)27-24(31)23-12-16-5-3-4-6-22(16)33-23/h3-6,9-10,12-15,30H,2,7-8,11H2,1H3,(H,26,32)(H,27,31). The number of fused-ring (bicyclic) bond motifs is 1. The van der Waals surface area contributed by atoms with E-state index in [9.17, 15) is 14.7 Å². The molecule has 0 spiro atoms. The molecule has 2 aromatic heterocycles. The number of nitrogens with one attached hydrogen (secondary N) is 2. The molecule has 4 aromatic rings. The first-order chi connectivity index (χ1) is 16.0. The van der Waals surface area contributed by atoms with Crippen molar-refractivity contribution in [1.82, 2.24) is 15.1 Å². The van der Waals surface area contributed by atoms with E-state index < -0.39 is 0 Å². The lowest BCUT2D eigenvalue weighted by atomic mass is 10.1. The van der Waals surface area contributed by atoms with Gasteiger partial charge in [-0.2, -0.15) is 9.78 Å². The van der Waals surface area contributed by atoms with Crippen LogP contribution in [0.4, 0.5) is 10.5 Å². The molecule has 8 heteroatoms. The highest BCUT2D eigenvalue weighted by Crippen LogP contribution is 2.42. The summed E-state index contributed by atoms with van der Waals surface area (Å²) in [6.45, 7) is 2.57. The second-order valence-electron chi connectivity index (χ2n) is 8.21. The van der Waals surface area contributed by atoms with Gasteiger partial charge in [0, 0.05) is 28.4 Å². The van der Waals surface area contributed by atoms with Crippen molar-refractivity contribution < 1.29 is 14.7 Å². The molecule has 2 amide bonds. The average molecular weight is 461 g/mol. The highest BCUT2D eigenvalue weighted by molar-refractivity contribution is 7.20. The van der Waals surface area contributed by atoms with E-state index in [1.807, 2.05) is 43.3 Å². The number of aromatic nitrogens is 2. The number of nitrogens with zero attached hydrogens (tertiary/aromatic N) is 2. The number of rotatable bonds is 6. The van der Waals surface area contributed by atoms with E-state index in [1.54, 1.807) is 12.1 Å². The number of thiophene rings is 1. The summed E-state index contributed by atoms with van der Waals surface area (Å²) in [7, 11) is 0. The van der Waals surface area contributed by atoms with E-state index in [0.29, 0.717) is 34.3 Å². The van der Waals surface area contributed by atoms with Gasteiger partial charge in [0.2, 0.25) is 0 Å². The molecule has 33 heavy (non-hydrogen) atoms. The quantitative estimate of drug-likeness (QED) is 0.328. The summed E-state index contributed by atoms with van der Waals surface area (Å²) in [5, 5.41) is 21.8. The van der Waals surface area contributed by atoms with Crippen molar-refractivity contribution in [1.29, 1.82) is 0 Å². The zero-order valence-electron chi connectivity index (χ0n) is 18.2. The monoisotopic (exact) mass is 460 g/mol. The molecule has 0 unspecified atom stereocenters. The minimum absolute atomic E-state index is 0.0378. The van der Waals surface area contributed by atoms with Crippen molar-refractivity contribution >= 4 is 39.0 Å². The fourth-order valence-corrected chi connectivity index (χ4v) is 4.73. The number of hydrogen-bond acceptors (Lipinski definition) is 5. The maximum atomic E-state index is 12.8. The molecule has 0 bridgehead atoms. The van der Waals surface area contributed by atoms with Crippen LogP contribution < -0.4 is 10.6 Å². The summed E-state index contributed by atoms with van der Waals surface area (Å²) in [5.74, 6) is 0.128. The molecule has 0 aliphatic heterocycles. The number of carbonyl (C=O) groups is 2. The van der Waals surface area contributed by atoms with Gasteiger partial charge in [-0.1, -0.05) is 25.1 Å². The third-order valence-corrected chi connectivity index (χ3v) is 6.75. The van der Waals surface area contributed by atoms with E-state index in [1.165, 1.54) is 22.1 Å². The summed E-state index contributed by atoms with van der Waals surface area (Å²) in [4.78, 5) is 26.0. The Labute approximate surface area is 195 Å². The van der Waals surface area contributed by atoms with Crippen LogP contribution in [0, 0.1) is 0 Å². The van der Waals surface area contributed by atoms with Crippen LogP contribution in [0.15, 0.2) is 54.6 Å². The Hall–Kier alpha value is -3.65. The van der Waals surface area contributed by atoms with Crippen molar-refractivity contribution in [2.45, 2.75) is 32.1 Å². The molecule has 1 saturated carbocycles. The second-order valence-corrected chi connectivity index (χ2v) is 9.29. The number of hydrogen-bond donors (Lipinski definition) is 3. The summed E-state index contributed by atoms with van der Waals surface area (Å²) in [6.07, 6.45) is 2.87. The third-order valence-electron chi connectivity index (χ3n) is 5.63. The summed E-state index contributed by atoms with van der Waals surface area (Å²) >= 11 is 1.43. The predicted molar refractivity (Wildman–Crippen MR) is 130 cm³/mol. The molecule has 0 radical (unpaired) electrons. The summed E-state index contributed by atoms with van der Waals surface area (Å²) in [5.41, 5.74) is 2.35. The number of phenols is 1. The van der Waals surface area contributed by atoms with Gasteiger partial charge in [-0.05, 0) is 61.0 Å². The summed E-state index contributed by atoms with van der Waals surface area (Å²) < 4.78 is 2.46. The second kappa shape index (κ2) is 8.71. The van der Waals surface area contributed by atoms with Gasteiger partial charge in [0.25, 0.3) is 5.91 Å². The highest BCUT2D eigenvalue weighted by atomic mass is 32.1. The molecule has 168 valence electrons. The van der Waals surface area contributed by atoms with Crippen LogP contribution in [0.25, 0.3) is 21.3 Å². The van der Waals surface area contributed by atoms with Crippen molar-refractivity contribution in [2.24, 2.45) is 0 Å². The fourth-order valence-electron chi connectivity index (χ4n) is 3.77. The van der Waals surface area contributed by atoms with Gasteiger partial charge >= 0.3 is 6.03 Å². The molecule has 2 heterocycles. The first-order valence-corrected chi connectivity index (χ1v) is 11.9. The van der Waals surface area contributed by atoms with Crippen LogP contribution in [0.2, 0.25) is 0 Å². The van der Waals surface area contributed by atoms with E-state index in [-0.39, 0.29) is 17.7 Å². The van der Waals surface area contributed by atoms with Crippen LogP contribution in [0.1, 0.15) is 47.5 Å². The average Bonchev–Trinajstić information content (AvgIpc) is 3.41. The topological polar surface area (TPSA) is 96.3 Å². The number of aromatic hydroxyl groups is 1. The van der Waals surface area contributed by atoms with Gasteiger partial charge in [-0.3, -0.25) is 4.79 Å². The van der Waals surface area contributed by atoms with E-state index >= 15 is 0 Å². The molecule has 1 aliphatic carbocycles. The highest BCUT2D eigenvalue weighted by Gasteiger charge is 2.30. The van der Waals surface area contributed by atoms with E-state index in [4.69, 9.17) is 0 Å². The van der Waals surface area contributed by atoms with Gasteiger partial charge < -0.3 is 15.7 Å².